The van der Waals surface area contributed by atoms with Crippen LogP contribution in [0, 0.1) is 0 Å². The first-order valence-corrected chi connectivity index (χ1v) is 3.32. The van der Waals surface area contributed by atoms with Crippen LogP contribution in [0.3, 0.4) is 0 Å². The molecule has 0 aliphatic heterocycles. The molecule has 3 heteroatoms. The Kier molecular flexibility index (Phi) is 4.32. The van der Waals surface area contributed by atoms with Crippen LogP contribution in [0.4, 0.5) is 0 Å². The Labute approximate surface area is 54.9 Å². The molecular weight excluding hydrogens is 124 g/mol. The molecule has 0 saturated heterocycles. The molecule has 2 N–H and O–H groups in total. The van der Waals surface area contributed by atoms with Crippen molar-refractivity contribution >= 4 is 12.6 Å². The number of hydrogen-bond donors (Lipinski definition) is 3. The first-order chi connectivity index (χ1) is 3.72. The summed E-state index contributed by atoms with van der Waals surface area (Å²) in [6.07, 6.45) is -0.683. The summed E-state index contributed by atoms with van der Waals surface area (Å²) in [5.74, 6) is 0.328. The minimum Gasteiger partial charge on any atom is -0.390 e. The van der Waals surface area contributed by atoms with Crippen LogP contribution in [0.1, 0.15) is 13.3 Å². The maximum Gasteiger partial charge on any atom is 0.0886 e. The zero-order chi connectivity index (χ0) is 6.57. The summed E-state index contributed by atoms with van der Waals surface area (Å²) in [4.78, 5) is 0. The lowest BCUT2D eigenvalue weighted by Gasteiger charge is -2.11. The van der Waals surface area contributed by atoms with Crippen LogP contribution in [0.25, 0.3) is 0 Å². The fourth-order valence-electron chi connectivity index (χ4n) is 0.394. The van der Waals surface area contributed by atoms with Gasteiger partial charge < -0.3 is 10.2 Å². The van der Waals surface area contributed by atoms with Gasteiger partial charge in [-0.15, -0.1) is 0 Å². The van der Waals surface area contributed by atoms with E-state index >= 15 is 0 Å². The molecule has 0 rings (SSSR count). The van der Waals surface area contributed by atoms with Gasteiger partial charge in [0.25, 0.3) is 0 Å². The number of thiol groups is 1. The van der Waals surface area contributed by atoms with E-state index in [1.165, 1.54) is 0 Å². The third-order valence-corrected chi connectivity index (χ3v) is 1.42. The second kappa shape index (κ2) is 4.18. The molecule has 2 atom stereocenters. The SMILES string of the molecule is CC[C@H](O)[C@@H](O)CS. The Morgan fingerprint density at radius 2 is 1.88 bits per heavy atom. The minimum absolute atomic E-state index is 0.328. The predicted octanol–water partition coefficient (Wildman–Crippen LogP) is 0.0480. The van der Waals surface area contributed by atoms with Gasteiger partial charge >= 0.3 is 0 Å². The summed E-state index contributed by atoms with van der Waals surface area (Å²) in [5, 5.41) is 17.6. The summed E-state index contributed by atoms with van der Waals surface area (Å²) < 4.78 is 0. The van der Waals surface area contributed by atoms with Crippen molar-refractivity contribution in [2.75, 3.05) is 5.75 Å². The number of hydrogen-bond acceptors (Lipinski definition) is 3. The van der Waals surface area contributed by atoms with Gasteiger partial charge in [-0.05, 0) is 6.42 Å². The van der Waals surface area contributed by atoms with E-state index in [1.54, 1.807) is 0 Å². The molecule has 0 aromatic carbocycles. The topological polar surface area (TPSA) is 40.5 Å². The molecule has 0 fully saturated rings. The average Bonchev–Trinajstić information content (AvgIpc) is 1.84. The molecule has 50 valence electrons. The Morgan fingerprint density at radius 3 is 2.00 bits per heavy atom. The van der Waals surface area contributed by atoms with Crippen LogP contribution in [-0.4, -0.2) is 28.2 Å². The highest BCUT2D eigenvalue weighted by atomic mass is 32.1. The average molecular weight is 136 g/mol. The Bertz CT molecular complexity index is 50.4. The number of rotatable bonds is 3. The molecule has 0 aromatic heterocycles. The van der Waals surface area contributed by atoms with E-state index < -0.39 is 12.2 Å². The second-order valence-electron chi connectivity index (χ2n) is 1.73. The molecule has 0 amide bonds. The molecule has 2 nitrogen and oxygen atoms in total. The van der Waals surface area contributed by atoms with Crippen molar-refractivity contribution in [2.45, 2.75) is 25.6 Å². The molecule has 0 unspecified atom stereocenters. The Hall–Kier alpha value is 0.270. The van der Waals surface area contributed by atoms with Crippen LogP contribution in [0.15, 0.2) is 0 Å². The van der Waals surface area contributed by atoms with Gasteiger partial charge in [0.15, 0.2) is 0 Å². The molecule has 0 spiro atoms. The highest BCUT2D eigenvalue weighted by Crippen LogP contribution is 1.98. The monoisotopic (exact) mass is 136 g/mol. The van der Waals surface area contributed by atoms with Crippen LogP contribution >= 0.6 is 12.6 Å². The molecule has 0 saturated carbocycles. The van der Waals surface area contributed by atoms with E-state index in [2.05, 4.69) is 12.6 Å². The van der Waals surface area contributed by atoms with Crippen molar-refractivity contribution < 1.29 is 10.2 Å². The molecule has 0 aliphatic carbocycles. The minimum atomic E-state index is -0.664. The smallest absolute Gasteiger partial charge is 0.0886 e. The molecule has 0 bridgehead atoms. The summed E-state index contributed by atoms with van der Waals surface area (Å²) in [6.45, 7) is 1.82. The Balaban J connectivity index is 3.29. The third-order valence-electron chi connectivity index (χ3n) is 1.05. The third kappa shape index (κ3) is 2.55. The van der Waals surface area contributed by atoms with E-state index in [0.29, 0.717) is 12.2 Å². The maximum absolute atomic E-state index is 8.83. The van der Waals surface area contributed by atoms with Crippen molar-refractivity contribution in [3.05, 3.63) is 0 Å². The quantitative estimate of drug-likeness (QED) is 0.480. The second-order valence-corrected chi connectivity index (χ2v) is 2.09. The van der Waals surface area contributed by atoms with Crippen molar-refractivity contribution in [2.24, 2.45) is 0 Å². The normalized spacial score (nSPS) is 18.0. The van der Waals surface area contributed by atoms with Gasteiger partial charge in [-0.25, -0.2) is 0 Å². The summed E-state index contributed by atoms with van der Waals surface area (Å²) >= 11 is 3.80. The van der Waals surface area contributed by atoms with E-state index in [4.69, 9.17) is 10.2 Å². The first kappa shape index (κ1) is 8.27. The lowest BCUT2D eigenvalue weighted by molar-refractivity contribution is 0.0325. The van der Waals surface area contributed by atoms with Crippen molar-refractivity contribution in [3.63, 3.8) is 0 Å². The van der Waals surface area contributed by atoms with Gasteiger partial charge in [-0.2, -0.15) is 12.6 Å². The summed E-state index contributed by atoms with van der Waals surface area (Å²) in [5.41, 5.74) is 0. The van der Waals surface area contributed by atoms with E-state index in [-0.39, 0.29) is 0 Å². The van der Waals surface area contributed by atoms with Crippen LogP contribution in [0.5, 0.6) is 0 Å². The van der Waals surface area contributed by atoms with Crippen LogP contribution in [-0.2, 0) is 0 Å². The van der Waals surface area contributed by atoms with Gasteiger partial charge in [0.2, 0.25) is 0 Å². The van der Waals surface area contributed by atoms with Gasteiger partial charge in [0, 0.05) is 5.75 Å². The van der Waals surface area contributed by atoms with E-state index in [0.717, 1.165) is 0 Å². The standard InChI is InChI=1S/C5H12O2S/c1-2-4(6)5(7)3-8/h4-8H,2-3H2,1H3/t4-,5-/m0/s1. The molecule has 0 heterocycles. The summed E-state index contributed by atoms with van der Waals surface area (Å²) in [6, 6.07) is 0. The van der Waals surface area contributed by atoms with E-state index in [1.807, 2.05) is 6.92 Å². The van der Waals surface area contributed by atoms with Gasteiger partial charge in [-0.1, -0.05) is 6.92 Å². The highest BCUT2D eigenvalue weighted by Gasteiger charge is 2.10. The lowest BCUT2D eigenvalue weighted by Crippen LogP contribution is -2.26. The zero-order valence-corrected chi connectivity index (χ0v) is 5.80. The highest BCUT2D eigenvalue weighted by molar-refractivity contribution is 7.80. The summed E-state index contributed by atoms with van der Waals surface area (Å²) in [7, 11) is 0. The maximum atomic E-state index is 8.83. The van der Waals surface area contributed by atoms with Gasteiger partial charge in [0.1, 0.15) is 0 Å². The van der Waals surface area contributed by atoms with Crippen LogP contribution in [0.2, 0.25) is 0 Å². The molecule has 8 heavy (non-hydrogen) atoms. The fourth-order valence-corrected chi connectivity index (χ4v) is 0.637. The van der Waals surface area contributed by atoms with Crippen molar-refractivity contribution in [3.8, 4) is 0 Å². The largest absolute Gasteiger partial charge is 0.390 e. The molecule has 0 aromatic rings. The Morgan fingerprint density at radius 1 is 1.38 bits per heavy atom. The van der Waals surface area contributed by atoms with Gasteiger partial charge in [-0.3, -0.25) is 0 Å². The van der Waals surface area contributed by atoms with Crippen molar-refractivity contribution in [1.29, 1.82) is 0 Å². The zero-order valence-electron chi connectivity index (χ0n) is 4.91. The number of aliphatic hydroxyl groups excluding tert-OH is 2. The van der Waals surface area contributed by atoms with Gasteiger partial charge in [0.05, 0.1) is 12.2 Å². The molecule has 0 aliphatic rings. The lowest BCUT2D eigenvalue weighted by atomic mass is 10.2. The van der Waals surface area contributed by atoms with Crippen molar-refractivity contribution in [1.82, 2.24) is 0 Å². The predicted molar refractivity (Wildman–Crippen MR) is 36.2 cm³/mol. The van der Waals surface area contributed by atoms with E-state index in [9.17, 15) is 0 Å². The fraction of sp³-hybridized carbons (Fsp3) is 1.00. The first-order valence-electron chi connectivity index (χ1n) is 2.69. The number of aliphatic hydroxyl groups is 2. The van der Waals surface area contributed by atoms with Crippen LogP contribution < -0.4 is 0 Å². The molecular formula is C5H12O2S. The molecule has 0 radical (unpaired) electrons.